The van der Waals surface area contributed by atoms with Crippen LogP contribution in [0, 0.1) is 0 Å². The van der Waals surface area contributed by atoms with E-state index in [4.69, 9.17) is 11.5 Å². The Morgan fingerprint density at radius 2 is 1.67 bits per heavy atom. The Kier molecular flexibility index (Phi) is 8.61. The van der Waals surface area contributed by atoms with Gasteiger partial charge in [-0.2, -0.15) is 0 Å². The van der Waals surface area contributed by atoms with E-state index >= 15 is 0 Å². The first kappa shape index (κ1) is 16.4. The van der Waals surface area contributed by atoms with Crippen LogP contribution in [-0.4, -0.2) is 23.8 Å². The summed E-state index contributed by atoms with van der Waals surface area (Å²) in [6.45, 7) is 2.12. The number of rotatable bonds is 10. The summed E-state index contributed by atoms with van der Waals surface area (Å²) in [5.41, 5.74) is 10.0. The third-order valence-corrected chi connectivity index (χ3v) is 2.59. The van der Waals surface area contributed by atoms with Crippen molar-refractivity contribution in [3.05, 3.63) is 0 Å². The molecule has 1 atom stereocenters. The normalized spacial score (nSPS) is 11.8. The summed E-state index contributed by atoms with van der Waals surface area (Å²) in [5.74, 6) is -1.67. The van der Waals surface area contributed by atoms with Gasteiger partial charge in [0.25, 0.3) is 0 Å². The summed E-state index contributed by atoms with van der Waals surface area (Å²) in [4.78, 5) is 33.2. The van der Waals surface area contributed by atoms with E-state index in [0.717, 1.165) is 32.1 Å². The molecule has 3 amide bonds. The van der Waals surface area contributed by atoms with Crippen LogP contribution in [0.3, 0.4) is 0 Å². The fraction of sp³-hybridized carbons (Fsp3) is 0.750. The molecule has 0 heterocycles. The smallest absolute Gasteiger partial charge is 0.240 e. The number of hydrogen-bond acceptors (Lipinski definition) is 3. The van der Waals surface area contributed by atoms with Crippen LogP contribution in [0.5, 0.6) is 0 Å². The van der Waals surface area contributed by atoms with Gasteiger partial charge in [0.15, 0.2) is 0 Å². The monoisotopic (exact) mass is 257 g/mol. The second-order valence-corrected chi connectivity index (χ2v) is 4.36. The largest absolute Gasteiger partial charge is 0.370 e. The van der Waals surface area contributed by atoms with Crippen LogP contribution in [-0.2, 0) is 14.4 Å². The number of nitrogens with two attached hydrogens (primary N) is 2. The van der Waals surface area contributed by atoms with Crippen LogP contribution in [0.4, 0.5) is 0 Å². The molecule has 0 bridgehead atoms. The number of amides is 3. The highest BCUT2D eigenvalue weighted by Crippen LogP contribution is 2.05. The van der Waals surface area contributed by atoms with Crippen molar-refractivity contribution in [3.8, 4) is 0 Å². The van der Waals surface area contributed by atoms with Gasteiger partial charge in [0.2, 0.25) is 17.7 Å². The fourth-order valence-electron chi connectivity index (χ4n) is 1.58. The minimum absolute atomic E-state index is 0.253. The Labute approximate surface area is 107 Å². The van der Waals surface area contributed by atoms with Gasteiger partial charge in [0, 0.05) is 6.42 Å². The molecule has 6 heteroatoms. The SMILES string of the molecule is CCCCCCCC(=O)NC(CC(N)=O)C(N)=O. The van der Waals surface area contributed by atoms with Crippen molar-refractivity contribution in [1.29, 1.82) is 0 Å². The first-order valence-electron chi connectivity index (χ1n) is 6.34. The molecule has 0 aliphatic rings. The minimum atomic E-state index is -0.995. The van der Waals surface area contributed by atoms with E-state index in [9.17, 15) is 14.4 Å². The van der Waals surface area contributed by atoms with Gasteiger partial charge in [-0.15, -0.1) is 0 Å². The molecule has 0 radical (unpaired) electrons. The predicted octanol–water partition coefficient (Wildman–Crippen LogP) is 0.192. The summed E-state index contributed by atoms with van der Waals surface area (Å²) in [6, 6.07) is -0.995. The van der Waals surface area contributed by atoms with E-state index in [-0.39, 0.29) is 12.3 Å². The van der Waals surface area contributed by atoms with Crippen molar-refractivity contribution in [2.45, 2.75) is 57.9 Å². The molecule has 104 valence electrons. The van der Waals surface area contributed by atoms with Crippen LogP contribution >= 0.6 is 0 Å². The third-order valence-electron chi connectivity index (χ3n) is 2.59. The zero-order valence-corrected chi connectivity index (χ0v) is 10.9. The first-order chi connectivity index (χ1) is 8.47. The molecule has 0 saturated heterocycles. The number of carbonyl (C=O) groups is 3. The lowest BCUT2D eigenvalue weighted by Gasteiger charge is -2.13. The molecule has 1 unspecified atom stereocenters. The van der Waals surface area contributed by atoms with Crippen LogP contribution in [0.15, 0.2) is 0 Å². The number of carbonyl (C=O) groups excluding carboxylic acids is 3. The number of primary amides is 2. The Balaban J connectivity index is 3.88. The second kappa shape index (κ2) is 9.44. The predicted molar refractivity (Wildman–Crippen MR) is 68.3 cm³/mol. The van der Waals surface area contributed by atoms with E-state index < -0.39 is 17.9 Å². The molecule has 0 saturated carbocycles. The van der Waals surface area contributed by atoms with Crippen molar-refractivity contribution >= 4 is 17.7 Å². The summed E-state index contributed by atoms with van der Waals surface area (Å²) >= 11 is 0. The number of nitrogens with one attached hydrogen (secondary N) is 1. The number of hydrogen-bond donors (Lipinski definition) is 3. The topological polar surface area (TPSA) is 115 Å². The molecule has 0 aliphatic carbocycles. The van der Waals surface area contributed by atoms with Gasteiger partial charge < -0.3 is 16.8 Å². The Morgan fingerprint density at radius 3 is 2.17 bits per heavy atom. The Hall–Kier alpha value is -1.59. The summed E-state index contributed by atoms with van der Waals surface area (Å²) < 4.78 is 0. The highest BCUT2D eigenvalue weighted by atomic mass is 16.2. The van der Waals surface area contributed by atoms with E-state index in [0.29, 0.717) is 6.42 Å². The van der Waals surface area contributed by atoms with Crippen molar-refractivity contribution in [3.63, 3.8) is 0 Å². The van der Waals surface area contributed by atoms with Gasteiger partial charge in [-0.05, 0) is 6.42 Å². The van der Waals surface area contributed by atoms with Gasteiger partial charge in [0.05, 0.1) is 6.42 Å². The molecule has 5 N–H and O–H groups in total. The lowest BCUT2D eigenvalue weighted by molar-refractivity contribution is -0.129. The van der Waals surface area contributed by atoms with Crippen LogP contribution in [0.1, 0.15) is 51.9 Å². The first-order valence-corrected chi connectivity index (χ1v) is 6.34. The molecule has 0 aromatic rings. The molecule has 6 nitrogen and oxygen atoms in total. The average molecular weight is 257 g/mol. The van der Waals surface area contributed by atoms with Crippen LogP contribution in [0.2, 0.25) is 0 Å². The molecular formula is C12H23N3O3. The lowest BCUT2D eigenvalue weighted by atomic mass is 10.1. The summed E-state index contributed by atoms with van der Waals surface area (Å²) in [6.07, 6.45) is 5.25. The van der Waals surface area contributed by atoms with Crippen molar-refractivity contribution < 1.29 is 14.4 Å². The molecule has 0 rings (SSSR count). The van der Waals surface area contributed by atoms with Gasteiger partial charge in [-0.1, -0.05) is 32.6 Å². The zero-order valence-electron chi connectivity index (χ0n) is 10.9. The van der Waals surface area contributed by atoms with Gasteiger partial charge in [-0.3, -0.25) is 14.4 Å². The summed E-state index contributed by atoms with van der Waals surface area (Å²) in [7, 11) is 0. The maximum absolute atomic E-state index is 11.5. The average Bonchev–Trinajstić information content (AvgIpc) is 2.27. The van der Waals surface area contributed by atoms with Crippen LogP contribution in [0.25, 0.3) is 0 Å². The van der Waals surface area contributed by atoms with Gasteiger partial charge in [-0.25, -0.2) is 0 Å². The molecule has 0 aromatic carbocycles. The molecule has 0 aromatic heterocycles. The molecule has 0 fully saturated rings. The van der Waals surface area contributed by atoms with E-state index in [1.807, 2.05) is 0 Å². The summed E-state index contributed by atoms with van der Waals surface area (Å²) in [5, 5.41) is 2.42. The highest BCUT2D eigenvalue weighted by molar-refractivity contribution is 5.90. The van der Waals surface area contributed by atoms with E-state index in [1.165, 1.54) is 0 Å². The standard InChI is InChI=1S/C12H23N3O3/c1-2-3-4-5-6-7-11(17)15-9(12(14)18)8-10(13)16/h9H,2-8H2,1H3,(H2,13,16)(H2,14,18)(H,15,17). The highest BCUT2D eigenvalue weighted by Gasteiger charge is 2.19. The molecule has 18 heavy (non-hydrogen) atoms. The van der Waals surface area contributed by atoms with Crippen molar-refractivity contribution in [2.75, 3.05) is 0 Å². The Bertz CT molecular complexity index is 292. The maximum atomic E-state index is 11.5. The van der Waals surface area contributed by atoms with Gasteiger partial charge >= 0.3 is 0 Å². The van der Waals surface area contributed by atoms with E-state index in [2.05, 4.69) is 12.2 Å². The van der Waals surface area contributed by atoms with Crippen molar-refractivity contribution in [2.24, 2.45) is 11.5 Å². The van der Waals surface area contributed by atoms with Crippen LogP contribution < -0.4 is 16.8 Å². The fourth-order valence-corrected chi connectivity index (χ4v) is 1.58. The van der Waals surface area contributed by atoms with Crippen molar-refractivity contribution in [1.82, 2.24) is 5.32 Å². The van der Waals surface area contributed by atoms with E-state index in [1.54, 1.807) is 0 Å². The molecular weight excluding hydrogens is 234 g/mol. The quantitative estimate of drug-likeness (QED) is 0.485. The third kappa shape index (κ3) is 8.55. The Morgan fingerprint density at radius 1 is 1.06 bits per heavy atom. The van der Waals surface area contributed by atoms with Gasteiger partial charge in [0.1, 0.15) is 6.04 Å². The number of unbranched alkanes of at least 4 members (excludes halogenated alkanes) is 4. The zero-order chi connectivity index (χ0) is 14.0. The maximum Gasteiger partial charge on any atom is 0.240 e. The molecule has 0 aliphatic heterocycles. The molecule has 0 spiro atoms. The minimum Gasteiger partial charge on any atom is -0.370 e. The second-order valence-electron chi connectivity index (χ2n) is 4.36. The lowest BCUT2D eigenvalue weighted by Crippen LogP contribution is -2.46.